The molecule has 0 aromatic heterocycles. The third-order valence-corrected chi connectivity index (χ3v) is 4.20. The molecule has 1 aromatic rings. The van der Waals surface area contributed by atoms with Gasteiger partial charge in [-0.25, -0.2) is 9.18 Å². The van der Waals surface area contributed by atoms with Gasteiger partial charge in [0.2, 0.25) is 0 Å². The zero-order valence-corrected chi connectivity index (χ0v) is 12.7. The molecule has 1 unspecified atom stereocenters. The summed E-state index contributed by atoms with van der Waals surface area (Å²) < 4.78 is 25.1. The maximum absolute atomic E-state index is 14.4. The number of nitrogens with one attached hydrogen (secondary N) is 1. The molecule has 5 nitrogen and oxygen atoms in total. The molecule has 2 fully saturated rings. The first-order valence-electron chi connectivity index (χ1n) is 7.69. The fourth-order valence-corrected chi connectivity index (χ4v) is 3.07. The zero-order chi connectivity index (χ0) is 15.5. The van der Waals surface area contributed by atoms with Gasteiger partial charge in [-0.05, 0) is 37.6 Å². The lowest BCUT2D eigenvalue weighted by molar-refractivity contribution is 0.0794. The van der Waals surface area contributed by atoms with Crippen LogP contribution in [0.15, 0.2) is 18.2 Å². The van der Waals surface area contributed by atoms with Crippen LogP contribution in [-0.2, 0) is 9.47 Å². The first-order chi connectivity index (χ1) is 10.7. The number of rotatable bonds is 4. The maximum Gasteiger partial charge on any atom is 0.414 e. The molecule has 2 heterocycles. The normalized spacial score (nSPS) is 25.4. The summed E-state index contributed by atoms with van der Waals surface area (Å²) in [6, 6.07) is 4.98. The number of carbonyl (C=O) groups excluding carboxylic acids is 1. The van der Waals surface area contributed by atoms with Crippen molar-refractivity contribution in [2.75, 3.05) is 38.3 Å². The number of amides is 1. The van der Waals surface area contributed by atoms with Gasteiger partial charge < -0.3 is 14.8 Å². The van der Waals surface area contributed by atoms with Gasteiger partial charge in [-0.2, -0.15) is 0 Å². The van der Waals surface area contributed by atoms with E-state index in [1.54, 1.807) is 19.2 Å². The van der Waals surface area contributed by atoms with Crippen LogP contribution in [0.3, 0.4) is 0 Å². The van der Waals surface area contributed by atoms with Crippen molar-refractivity contribution in [2.45, 2.75) is 24.9 Å². The number of halogens is 1. The number of likely N-dealkylation sites (N-methyl/N-ethyl adjacent to an activating group) is 1. The van der Waals surface area contributed by atoms with Crippen LogP contribution in [0, 0.1) is 5.82 Å². The van der Waals surface area contributed by atoms with Crippen molar-refractivity contribution in [3.8, 4) is 0 Å². The molecular formula is C16H21FN2O3. The third-order valence-electron chi connectivity index (χ3n) is 4.20. The molecule has 2 aliphatic heterocycles. The van der Waals surface area contributed by atoms with Crippen molar-refractivity contribution in [1.29, 1.82) is 0 Å². The molecule has 0 radical (unpaired) electrons. The Morgan fingerprint density at radius 1 is 1.45 bits per heavy atom. The molecule has 120 valence electrons. The van der Waals surface area contributed by atoms with E-state index in [0.717, 1.165) is 19.4 Å². The van der Waals surface area contributed by atoms with Crippen LogP contribution in [0.4, 0.5) is 14.9 Å². The van der Waals surface area contributed by atoms with Gasteiger partial charge in [0.1, 0.15) is 11.9 Å². The summed E-state index contributed by atoms with van der Waals surface area (Å²) in [5.74, 6) is -0.178. The second kappa shape index (κ2) is 6.62. The van der Waals surface area contributed by atoms with Crippen molar-refractivity contribution in [2.24, 2.45) is 0 Å². The molecule has 2 aliphatic rings. The van der Waals surface area contributed by atoms with Crippen LogP contribution in [0.25, 0.3) is 0 Å². The summed E-state index contributed by atoms with van der Waals surface area (Å²) in [6.07, 6.45) is 1.27. The number of nitrogens with zero attached hydrogens (tertiary/aromatic N) is 1. The van der Waals surface area contributed by atoms with Gasteiger partial charge in [0, 0.05) is 19.1 Å². The second-order valence-electron chi connectivity index (χ2n) is 5.79. The van der Waals surface area contributed by atoms with Gasteiger partial charge >= 0.3 is 6.09 Å². The Balaban J connectivity index is 1.75. The molecule has 6 heteroatoms. The highest BCUT2D eigenvalue weighted by Gasteiger charge is 2.32. The quantitative estimate of drug-likeness (QED) is 0.927. The van der Waals surface area contributed by atoms with Crippen LogP contribution in [-0.4, -0.2) is 45.5 Å². The summed E-state index contributed by atoms with van der Waals surface area (Å²) in [4.78, 5) is 13.4. The molecule has 1 N–H and O–H groups in total. The van der Waals surface area contributed by atoms with Crippen LogP contribution < -0.4 is 10.2 Å². The molecule has 22 heavy (non-hydrogen) atoms. The van der Waals surface area contributed by atoms with Crippen LogP contribution >= 0.6 is 0 Å². The van der Waals surface area contributed by atoms with E-state index >= 15 is 0 Å². The van der Waals surface area contributed by atoms with E-state index in [2.05, 4.69) is 5.32 Å². The average molecular weight is 308 g/mol. The number of cyclic esters (lactones) is 1. The Morgan fingerprint density at radius 2 is 2.32 bits per heavy atom. The lowest BCUT2D eigenvalue weighted by Crippen LogP contribution is -2.29. The van der Waals surface area contributed by atoms with Gasteiger partial charge in [0.05, 0.1) is 18.8 Å². The number of hydrogen-bond acceptors (Lipinski definition) is 4. The minimum absolute atomic E-state index is 0.102. The van der Waals surface area contributed by atoms with E-state index < -0.39 is 6.09 Å². The first kappa shape index (κ1) is 15.2. The topological polar surface area (TPSA) is 50.8 Å². The molecule has 0 bridgehead atoms. The standard InChI is InChI=1S/C16H21FN2O3/c1-18-8-13-9-19(16(20)22-13)12-4-5-14(15(17)7-12)11-3-2-6-21-10-11/h4-5,7,11,13,18H,2-3,6,8-10H2,1H3/t11?,13-/m0/s1. The van der Waals surface area contributed by atoms with Gasteiger partial charge in [-0.1, -0.05) is 6.07 Å². The molecular weight excluding hydrogens is 287 g/mol. The molecule has 0 spiro atoms. The minimum Gasteiger partial charge on any atom is -0.443 e. The SMILES string of the molecule is CNC[C@H]1CN(c2ccc(C3CCCOC3)c(F)c2)C(=O)O1. The van der Waals surface area contributed by atoms with Crippen molar-refractivity contribution in [1.82, 2.24) is 5.32 Å². The number of anilines is 1. The molecule has 1 aromatic carbocycles. The van der Waals surface area contributed by atoms with Gasteiger partial charge in [0.25, 0.3) is 0 Å². The Labute approximate surface area is 129 Å². The third kappa shape index (κ3) is 3.08. The molecule has 3 rings (SSSR count). The van der Waals surface area contributed by atoms with Gasteiger partial charge in [-0.3, -0.25) is 4.90 Å². The summed E-state index contributed by atoms with van der Waals surface area (Å²) in [7, 11) is 1.80. The maximum atomic E-state index is 14.4. The van der Waals surface area contributed by atoms with Gasteiger partial charge in [-0.15, -0.1) is 0 Å². The fourth-order valence-electron chi connectivity index (χ4n) is 3.07. The van der Waals surface area contributed by atoms with Crippen LogP contribution in [0.2, 0.25) is 0 Å². The molecule has 1 amide bonds. The monoisotopic (exact) mass is 308 g/mol. The molecule has 2 atom stereocenters. The van der Waals surface area contributed by atoms with E-state index in [4.69, 9.17) is 9.47 Å². The highest BCUT2D eigenvalue weighted by atomic mass is 19.1. The van der Waals surface area contributed by atoms with Crippen molar-refractivity contribution in [3.05, 3.63) is 29.6 Å². The zero-order valence-electron chi connectivity index (χ0n) is 12.7. The lowest BCUT2D eigenvalue weighted by atomic mass is 9.93. The fraction of sp³-hybridized carbons (Fsp3) is 0.562. The second-order valence-corrected chi connectivity index (χ2v) is 5.79. The molecule has 0 saturated carbocycles. The largest absolute Gasteiger partial charge is 0.443 e. The van der Waals surface area contributed by atoms with Crippen LogP contribution in [0.1, 0.15) is 24.3 Å². The van der Waals surface area contributed by atoms with Crippen molar-refractivity contribution < 1.29 is 18.7 Å². The predicted octanol–water partition coefficient (Wildman–Crippen LogP) is 2.26. The lowest BCUT2D eigenvalue weighted by Gasteiger charge is -2.23. The Morgan fingerprint density at radius 3 is 3.00 bits per heavy atom. The Bertz CT molecular complexity index is 546. The number of ether oxygens (including phenoxy) is 2. The smallest absolute Gasteiger partial charge is 0.414 e. The van der Waals surface area contributed by atoms with E-state index in [1.807, 2.05) is 0 Å². The average Bonchev–Trinajstić information content (AvgIpc) is 2.89. The number of benzene rings is 1. The van der Waals surface area contributed by atoms with Crippen molar-refractivity contribution in [3.63, 3.8) is 0 Å². The number of hydrogen-bond donors (Lipinski definition) is 1. The Kier molecular flexibility index (Phi) is 4.59. The first-order valence-corrected chi connectivity index (χ1v) is 7.69. The highest BCUT2D eigenvalue weighted by Crippen LogP contribution is 2.31. The summed E-state index contributed by atoms with van der Waals surface area (Å²) in [5.41, 5.74) is 1.21. The van der Waals surface area contributed by atoms with E-state index in [9.17, 15) is 9.18 Å². The molecule has 0 aliphatic carbocycles. The highest BCUT2D eigenvalue weighted by molar-refractivity contribution is 5.89. The van der Waals surface area contributed by atoms with E-state index in [-0.39, 0.29) is 17.8 Å². The minimum atomic E-state index is -0.423. The van der Waals surface area contributed by atoms with Crippen molar-refractivity contribution >= 4 is 11.8 Å². The summed E-state index contributed by atoms with van der Waals surface area (Å²) in [6.45, 7) is 2.34. The van der Waals surface area contributed by atoms with Crippen LogP contribution in [0.5, 0.6) is 0 Å². The molecule has 2 saturated heterocycles. The predicted molar refractivity (Wildman–Crippen MR) is 80.7 cm³/mol. The summed E-state index contributed by atoms with van der Waals surface area (Å²) >= 11 is 0. The van der Waals surface area contributed by atoms with Gasteiger partial charge in [0.15, 0.2) is 0 Å². The van der Waals surface area contributed by atoms with E-state index in [0.29, 0.717) is 30.9 Å². The number of carbonyl (C=O) groups is 1. The van der Waals surface area contributed by atoms with E-state index in [1.165, 1.54) is 11.0 Å². The Hall–Kier alpha value is -1.66. The summed E-state index contributed by atoms with van der Waals surface area (Å²) in [5, 5.41) is 2.97.